The summed E-state index contributed by atoms with van der Waals surface area (Å²) in [5.41, 5.74) is 3.10. The van der Waals surface area contributed by atoms with Crippen molar-refractivity contribution in [1.29, 1.82) is 0 Å². The third kappa shape index (κ3) is 4.46. The van der Waals surface area contributed by atoms with Gasteiger partial charge in [0.25, 0.3) is 0 Å². The summed E-state index contributed by atoms with van der Waals surface area (Å²) in [7, 11) is 0. The zero-order valence-electron chi connectivity index (χ0n) is 12.9. The van der Waals surface area contributed by atoms with Gasteiger partial charge in [-0.15, -0.1) is 0 Å². The van der Waals surface area contributed by atoms with Gasteiger partial charge in [-0.3, -0.25) is 4.79 Å². The monoisotopic (exact) mass is 381 g/mol. The molecule has 1 amide bonds. The zero-order valence-corrected chi connectivity index (χ0v) is 14.5. The first-order valence-electron chi connectivity index (χ1n) is 7.57. The van der Waals surface area contributed by atoms with Crippen LogP contribution in [0.1, 0.15) is 16.9 Å². The van der Waals surface area contributed by atoms with Crippen LogP contribution in [0.5, 0.6) is 0 Å². The quantitative estimate of drug-likeness (QED) is 0.610. The van der Waals surface area contributed by atoms with E-state index in [1.807, 2.05) is 42.5 Å². The number of carbonyl (C=O) groups excluding carboxylic acids is 1. The van der Waals surface area contributed by atoms with Crippen LogP contribution in [0.3, 0.4) is 0 Å². The molecule has 1 heterocycles. The lowest BCUT2D eigenvalue weighted by Gasteiger charge is -2.10. The van der Waals surface area contributed by atoms with Crippen molar-refractivity contribution in [2.45, 2.75) is 6.42 Å². The molecule has 3 aromatic rings. The Morgan fingerprint density at radius 3 is 2.50 bits per heavy atom. The maximum Gasteiger partial charge on any atom is 0.248 e. The van der Waals surface area contributed by atoms with Crippen LogP contribution in [0.4, 0.5) is 5.69 Å². The first-order chi connectivity index (χ1) is 11.7. The highest BCUT2D eigenvalue weighted by molar-refractivity contribution is 9.10. The minimum atomic E-state index is -0.192. The summed E-state index contributed by atoms with van der Waals surface area (Å²) < 4.78 is 5.97. The van der Waals surface area contributed by atoms with Crippen LogP contribution in [0.2, 0.25) is 0 Å². The van der Waals surface area contributed by atoms with Gasteiger partial charge in [0, 0.05) is 11.8 Å². The van der Waals surface area contributed by atoms with Crippen LogP contribution < -0.4 is 5.32 Å². The van der Waals surface area contributed by atoms with E-state index in [1.165, 1.54) is 11.6 Å². The third-order valence-corrected chi connectivity index (χ3v) is 3.93. The van der Waals surface area contributed by atoms with Gasteiger partial charge >= 0.3 is 0 Å². The second-order valence-corrected chi connectivity index (χ2v) is 6.07. The Kier molecular flexibility index (Phi) is 5.29. The van der Waals surface area contributed by atoms with Crippen molar-refractivity contribution in [3.63, 3.8) is 0 Å². The van der Waals surface area contributed by atoms with E-state index in [1.54, 1.807) is 18.2 Å². The number of nitrogens with one attached hydrogen (secondary N) is 1. The molecule has 0 radical (unpaired) electrons. The fourth-order valence-corrected chi connectivity index (χ4v) is 2.68. The third-order valence-electron chi connectivity index (χ3n) is 3.51. The number of amides is 1. The molecule has 4 heteroatoms. The molecule has 3 nitrogen and oxygen atoms in total. The number of carbonyl (C=O) groups is 1. The van der Waals surface area contributed by atoms with Gasteiger partial charge in [0.15, 0.2) is 4.67 Å². The van der Waals surface area contributed by atoms with Crippen LogP contribution in [-0.4, -0.2) is 5.91 Å². The van der Waals surface area contributed by atoms with Crippen LogP contribution >= 0.6 is 15.9 Å². The minimum Gasteiger partial charge on any atom is -0.450 e. The minimum absolute atomic E-state index is 0.192. The summed E-state index contributed by atoms with van der Waals surface area (Å²) in [5.74, 6) is 0.428. The van der Waals surface area contributed by atoms with Crippen molar-refractivity contribution in [2.24, 2.45) is 0 Å². The van der Waals surface area contributed by atoms with Gasteiger partial charge in [0.2, 0.25) is 5.91 Å². The number of halogens is 1. The number of benzene rings is 2. The highest BCUT2D eigenvalue weighted by atomic mass is 79.9. The topological polar surface area (TPSA) is 42.2 Å². The molecule has 0 aliphatic heterocycles. The van der Waals surface area contributed by atoms with Crippen LogP contribution in [0.15, 0.2) is 81.9 Å². The highest BCUT2D eigenvalue weighted by Crippen LogP contribution is 2.19. The molecule has 1 aromatic heterocycles. The number of anilines is 1. The van der Waals surface area contributed by atoms with Crippen molar-refractivity contribution < 1.29 is 9.21 Å². The Morgan fingerprint density at radius 2 is 1.75 bits per heavy atom. The number of para-hydroxylation sites is 1. The average Bonchev–Trinajstić information content (AvgIpc) is 3.01. The van der Waals surface area contributed by atoms with Gasteiger partial charge in [0.1, 0.15) is 5.76 Å². The molecule has 120 valence electrons. The molecule has 0 saturated heterocycles. The number of hydrogen-bond donors (Lipinski definition) is 1. The second-order valence-electron chi connectivity index (χ2n) is 5.28. The smallest absolute Gasteiger partial charge is 0.248 e. The fraction of sp³-hybridized carbons (Fsp3) is 0.0500. The summed E-state index contributed by atoms with van der Waals surface area (Å²) in [4.78, 5) is 12.1. The largest absolute Gasteiger partial charge is 0.450 e. The first-order valence-corrected chi connectivity index (χ1v) is 8.36. The Hall–Kier alpha value is -2.59. The van der Waals surface area contributed by atoms with E-state index < -0.39 is 0 Å². The first kappa shape index (κ1) is 16.3. The van der Waals surface area contributed by atoms with Gasteiger partial charge in [-0.2, -0.15) is 0 Å². The molecule has 3 rings (SSSR count). The van der Waals surface area contributed by atoms with Crippen molar-refractivity contribution in [1.82, 2.24) is 0 Å². The Morgan fingerprint density at radius 1 is 1.00 bits per heavy atom. The van der Waals surface area contributed by atoms with Crippen LogP contribution in [0, 0.1) is 0 Å². The predicted octanol–water partition coefficient (Wildman–Crippen LogP) is 5.28. The fourth-order valence-electron chi connectivity index (χ4n) is 2.36. The van der Waals surface area contributed by atoms with Gasteiger partial charge in [-0.25, -0.2) is 0 Å². The molecule has 0 unspecified atom stereocenters. The number of furan rings is 1. The molecule has 0 fully saturated rings. The van der Waals surface area contributed by atoms with E-state index in [0.29, 0.717) is 10.4 Å². The van der Waals surface area contributed by atoms with E-state index in [9.17, 15) is 4.79 Å². The predicted molar refractivity (Wildman–Crippen MR) is 99.8 cm³/mol. The van der Waals surface area contributed by atoms with Gasteiger partial charge in [-0.1, -0.05) is 48.5 Å². The maximum atomic E-state index is 12.1. The highest BCUT2D eigenvalue weighted by Gasteiger charge is 2.05. The molecule has 0 spiro atoms. The number of hydrogen-bond acceptors (Lipinski definition) is 2. The molecule has 0 atom stereocenters. The molecule has 0 aliphatic carbocycles. The van der Waals surface area contributed by atoms with E-state index in [2.05, 4.69) is 33.4 Å². The van der Waals surface area contributed by atoms with Crippen molar-refractivity contribution in [3.8, 4) is 0 Å². The van der Waals surface area contributed by atoms with E-state index in [4.69, 9.17) is 4.42 Å². The van der Waals surface area contributed by atoms with E-state index in [-0.39, 0.29) is 5.91 Å². The molecule has 0 aliphatic rings. The standard InChI is InChI=1S/C20H16BrNO2/c21-19-12-10-17(24-19)11-13-20(23)22-18-9-5-4-8-16(18)14-15-6-2-1-3-7-15/h1-13H,14H2,(H,22,23)/b13-11+. The van der Waals surface area contributed by atoms with Crippen molar-refractivity contribution in [2.75, 3.05) is 5.32 Å². The molecule has 24 heavy (non-hydrogen) atoms. The Bertz CT molecular complexity index is 853. The van der Waals surface area contributed by atoms with Crippen LogP contribution in [0.25, 0.3) is 6.08 Å². The summed E-state index contributed by atoms with van der Waals surface area (Å²) in [6, 6.07) is 21.6. The lowest BCUT2D eigenvalue weighted by Crippen LogP contribution is -2.09. The Labute approximate surface area is 149 Å². The summed E-state index contributed by atoms with van der Waals surface area (Å²) in [6.45, 7) is 0. The SMILES string of the molecule is O=C(/C=C/c1ccc(Br)o1)Nc1ccccc1Cc1ccccc1. The number of rotatable bonds is 5. The van der Waals surface area contributed by atoms with Gasteiger partial charge in [-0.05, 0) is 57.8 Å². The Balaban J connectivity index is 1.70. The second kappa shape index (κ2) is 7.79. The summed E-state index contributed by atoms with van der Waals surface area (Å²) >= 11 is 3.23. The van der Waals surface area contributed by atoms with Gasteiger partial charge in [0.05, 0.1) is 0 Å². The summed E-state index contributed by atoms with van der Waals surface area (Å²) in [5, 5.41) is 2.93. The van der Waals surface area contributed by atoms with E-state index >= 15 is 0 Å². The molecule has 1 N–H and O–H groups in total. The lowest BCUT2D eigenvalue weighted by molar-refractivity contribution is -0.111. The van der Waals surface area contributed by atoms with E-state index in [0.717, 1.165) is 17.7 Å². The average molecular weight is 382 g/mol. The van der Waals surface area contributed by atoms with Crippen LogP contribution in [-0.2, 0) is 11.2 Å². The zero-order chi connectivity index (χ0) is 16.8. The molecule has 2 aromatic carbocycles. The molecular formula is C20H16BrNO2. The molecular weight excluding hydrogens is 366 g/mol. The maximum absolute atomic E-state index is 12.1. The summed E-state index contributed by atoms with van der Waals surface area (Å²) in [6.07, 6.45) is 3.87. The van der Waals surface area contributed by atoms with Crippen molar-refractivity contribution >= 4 is 33.6 Å². The lowest BCUT2D eigenvalue weighted by atomic mass is 10.0. The van der Waals surface area contributed by atoms with Crippen molar-refractivity contribution in [3.05, 3.63) is 94.4 Å². The van der Waals surface area contributed by atoms with Gasteiger partial charge < -0.3 is 9.73 Å². The normalized spacial score (nSPS) is 10.9. The molecule has 0 saturated carbocycles. The molecule has 0 bridgehead atoms.